The highest BCUT2D eigenvalue weighted by molar-refractivity contribution is 6.32. The zero-order valence-electron chi connectivity index (χ0n) is 16.9. The first-order valence-corrected chi connectivity index (χ1v) is 10.2. The van der Waals surface area contributed by atoms with Gasteiger partial charge in [0.05, 0.1) is 11.6 Å². The Bertz CT molecular complexity index is 738. The highest BCUT2D eigenvalue weighted by atomic mass is 35.5. The molecule has 0 aliphatic carbocycles. The van der Waals surface area contributed by atoms with Crippen molar-refractivity contribution in [2.75, 3.05) is 32.8 Å². The van der Waals surface area contributed by atoms with Crippen LogP contribution in [0.3, 0.4) is 0 Å². The summed E-state index contributed by atoms with van der Waals surface area (Å²) in [5, 5.41) is 3.90. The van der Waals surface area contributed by atoms with E-state index in [0.29, 0.717) is 35.2 Å². The smallest absolute Gasteiger partial charge is 0.180 e. The van der Waals surface area contributed by atoms with Gasteiger partial charge in [-0.05, 0) is 43.8 Å². The van der Waals surface area contributed by atoms with Gasteiger partial charge < -0.3 is 19.7 Å². The fraction of sp³-hybridized carbons (Fsp3) is 0.455. The number of rotatable bonds is 12. The van der Waals surface area contributed by atoms with E-state index in [1.807, 2.05) is 19.1 Å². The maximum Gasteiger partial charge on any atom is 0.180 e. The Balaban J connectivity index is 2.03. The van der Waals surface area contributed by atoms with Crippen LogP contribution < -0.4 is 14.8 Å². The van der Waals surface area contributed by atoms with Crippen LogP contribution >= 0.6 is 11.6 Å². The number of likely N-dealkylation sites (N-methyl/N-ethyl adjacent to an activating group) is 1. The molecule has 0 heterocycles. The second-order valence-corrected chi connectivity index (χ2v) is 6.83. The summed E-state index contributed by atoms with van der Waals surface area (Å²) < 4.78 is 25.4. The Morgan fingerprint density at radius 3 is 2.50 bits per heavy atom. The molecule has 2 aromatic carbocycles. The van der Waals surface area contributed by atoms with E-state index in [-0.39, 0.29) is 12.4 Å². The Kier molecular flexibility index (Phi) is 9.55. The van der Waals surface area contributed by atoms with Crippen molar-refractivity contribution < 1.29 is 13.9 Å². The van der Waals surface area contributed by atoms with E-state index in [0.717, 1.165) is 31.7 Å². The lowest BCUT2D eigenvalue weighted by Gasteiger charge is -2.18. The summed E-state index contributed by atoms with van der Waals surface area (Å²) in [6.07, 6.45) is 0. The average molecular weight is 409 g/mol. The summed E-state index contributed by atoms with van der Waals surface area (Å²) in [6.45, 7) is 11.5. The minimum atomic E-state index is -0.300. The Labute approximate surface area is 172 Å². The molecular formula is C22H30ClFN2O2. The highest BCUT2D eigenvalue weighted by Gasteiger charge is 2.14. The van der Waals surface area contributed by atoms with E-state index in [4.69, 9.17) is 21.1 Å². The summed E-state index contributed by atoms with van der Waals surface area (Å²) in [4.78, 5) is 2.37. The number of benzene rings is 2. The molecule has 0 amide bonds. The molecule has 0 spiro atoms. The van der Waals surface area contributed by atoms with Gasteiger partial charge in [0, 0.05) is 25.2 Å². The lowest BCUT2D eigenvalue weighted by atomic mass is 10.2. The van der Waals surface area contributed by atoms with Crippen LogP contribution in [0.1, 0.15) is 31.9 Å². The topological polar surface area (TPSA) is 33.7 Å². The highest BCUT2D eigenvalue weighted by Crippen LogP contribution is 2.37. The van der Waals surface area contributed by atoms with Crippen molar-refractivity contribution in [3.05, 3.63) is 58.4 Å². The number of ether oxygens (including phenoxy) is 2. The maximum atomic E-state index is 13.8. The Morgan fingerprint density at radius 1 is 1.07 bits per heavy atom. The molecule has 0 saturated heterocycles. The van der Waals surface area contributed by atoms with Crippen LogP contribution in [0.4, 0.5) is 4.39 Å². The third-order valence-corrected chi connectivity index (χ3v) is 4.81. The molecule has 28 heavy (non-hydrogen) atoms. The van der Waals surface area contributed by atoms with Gasteiger partial charge in [0.2, 0.25) is 0 Å². The van der Waals surface area contributed by atoms with E-state index >= 15 is 0 Å². The molecule has 6 heteroatoms. The van der Waals surface area contributed by atoms with Crippen LogP contribution in [0, 0.1) is 5.82 Å². The first kappa shape index (κ1) is 22.5. The number of hydrogen-bond donors (Lipinski definition) is 1. The molecule has 0 fully saturated rings. The van der Waals surface area contributed by atoms with Gasteiger partial charge >= 0.3 is 0 Å². The summed E-state index contributed by atoms with van der Waals surface area (Å²) >= 11 is 6.45. The lowest BCUT2D eigenvalue weighted by molar-refractivity contribution is 0.265. The third kappa shape index (κ3) is 6.66. The second kappa shape index (κ2) is 11.9. The Morgan fingerprint density at radius 2 is 1.82 bits per heavy atom. The molecule has 2 rings (SSSR count). The SMILES string of the molecule is CCOc1cc(CNCCN(CC)CC)cc(Cl)c1OCc1ccccc1F. The number of hydrogen-bond acceptors (Lipinski definition) is 4. The summed E-state index contributed by atoms with van der Waals surface area (Å²) in [7, 11) is 0. The largest absolute Gasteiger partial charge is 0.490 e. The van der Waals surface area contributed by atoms with Crippen LogP contribution in [-0.4, -0.2) is 37.7 Å². The van der Waals surface area contributed by atoms with Crippen molar-refractivity contribution >= 4 is 11.6 Å². The summed E-state index contributed by atoms with van der Waals surface area (Å²) in [5.74, 6) is 0.719. The lowest BCUT2D eigenvalue weighted by Crippen LogP contribution is -2.31. The van der Waals surface area contributed by atoms with Crippen molar-refractivity contribution in [3.8, 4) is 11.5 Å². The monoisotopic (exact) mass is 408 g/mol. The molecule has 1 N–H and O–H groups in total. The molecule has 154 valence electrons. The molecule has 4 nitrogen and oxygen atoms in total. The molecule has 0 aliphatic rings. The number of halogens is 2. The second-order valence-electron chi connectivity index (χ2n) is 6.42. The van der Waals surface area contributed by atoms with Gasteiger partial charge in [0.1, 0.15) is 12.4 Å². The minimum absolute atomic E-state index is 0.0912. The molecule has 0 saturated carbocycles. The Hall–Kier alpha value is -1.82. The normalized spacial score (nSPS) is 11.1. The predicted octanol–water partition coefficient (Wildman–Crippen LogP) is 4.89. The molecule has 0 radical (unpaired) electrons. The van der Waals surface area contributed by atoms with Crippen molar-refractivity contribution in [3.63, 3.8) is 0 Å². The number of nitrogens with one attached hydrogen (secondary N) is 1. The summed E-state index contributed by atoms with van der Waals surface area (Å²) in [6, 6.07) is 10.3. The zero-order chi connectivity index (χ0) is 20.4. The molecule has 0 unspecified atom stereocenters. The average Bonchev–Trinajstić information content (AvgIpc) is 2.69. The number of nitrogens with zero attached hydrogens (tertiary/aromatic N) is 1. The van der Waals surface area contributed by atoms with Gasteiger partial charge in [-0.15, -0.1) is 0 Å². The van der Waals surface area contributed by atoms with Crippen LogP contribution in [0.15, 0.2) is 36.4 Å². The van der Waals surface area contributed by atoms with Crippen molar-refractivity contribution in [1.29, 1.82) is 0 Å². The molecule has 0 aliphatic heterocycles. The van der Waals surface area contributed by atoms with E-state index in [1.54, 1.807) is 18.2 Å². The van der Waals surface area contributed by atoms with Crippen LogP contribution in [0.25, 0.3) is 0 Å². The van der Waals surface area contributed by atoms with Gasteiger partial charge in [0.25, 0.3) is 0 Å². The van der Waals surface area contributed by atoms with Crippen molar-refractivity contribution in [1.82, 2.24) is 10.2 Å². The van der Waals surface area contributed by atoms with Crippen LogP contribution in [-0.2, 0) is 13.2 Å². The fourth-order valence-corrected chi connectivity index (χ4v) is 3.19. The first-order chi connectivity index (χ1) is 13.6. The van der Waals surface area contributed by atoms with Gasteiger partial charge in [-0.2, -0.15) is 0 Å². The fourth-order valence-electron chi connectivity index (χ4n) is 2.90. The maximum absolute atomic E-state index is 13.8. The summed E-state index contributed by atoms with van der Waals surface area (Å²) in [5.41, 5.74) is 1.49. The predicted molar refractivity (Wildman–Crippen MR) is 113 cm³/mol. The third-order valence-electron chi connectivity index (χ3n) is 4.53. The quantitative estimate of drug-likeness (QED) is 0.507. The standard InChI is InChI=1S/C22H30ClFN2O2/c1-4-26(5-2)12-11-25-15-17-13-19(23)22(21(14-17)27-6-3)28-16-18-9-7-8-10-20(18)24/h7-10,13-14,25H,4-6,11-12,15-16H2,1-3H3. The van der Waals surface area contributed by atoms with Gasteiger partial charge in [-0.25, -0.2) is 4.39 Å². The minimum Gasteiger partial charge on any atom is -0.490 e. The van der Waals surface area contributed by atoms with Crippen molar-refractivity contribution in [2.45, 2.75) is 33.9 Å². The van der Waals surface area contributed by atoms with E-state index < -0.39 is 0 Å². The first-order valence-electron chi connectivity index (χ1n) is 9.83. The molecule has 2 aromatic rings. The van der Waals surface area contributed by atoms with Gasteiger partial charge in [-0.3, -0.25) is 0 Å². The molecular weight excluding hydrogens is 379 g/mol. The van der Waals surface area contributed by atoms with E-state index in [2.05, 4.69) is 24.1 Å². The van der Waals surface area contributed by atoms with Crippen molar-refractivity contribution in [2.24, 2.45) is 0 Å². The molecule has 0 aromatic heterocycles. The zero-order valence-corrected chi connectivity index (χ0v) is 17.7. The van der Waals surface area contributed by atoms with Crippen LogP contribution in [0.5, 0.6) is 11.5 Å². The van der Waals surface area contributed by atoms with Crippen LogP contribution in [0.2, 0.25) is 5.02 Å². The van der Waals surface area contributed by atoms with Gasteiger partial charge in [0.15, 0.2) is 11.5 Å². The molecule has 0 bridgehead atoms. The van der Waals surface area contributed by atoms with E-state index in [9.17, 15) is 4.39 Å². The molecule has 0 atom stereocenters. The van der Waals surface area contributed by atoms with Gasteiger partial charge in [-0.1, -0.05) is 43.6 Å². The van der Waals surface area contributed by atoms with E-state index in [1.165, 1.54) is 6.07 Å².